The average Bonchev–Trinajstić information content (AvgIpc) is 3.38. The Kier molecular flexibility index (Phi) is 9.77. The smallest absolute Gasteiger partial charge is 0.207 e. The van der Waals surface area contributed by atoms with E-state index in [2.05, 4.69) is 75.7 Å². The first-order valence-corrected chi connectivity index (χ1v) is 11.3. The molecule has 0 fully saturated rings. The van der Waals surface area contributed by atoms with Crippen molar-refractivity contribution in [2.75, 3.05) is 12.4 Å². The third-order valence-electron chi connectivity index (χ3n) is 4.94. The number of carbonyl (C=O) groups excluding carboxylic acids is 1. The van der Waals surface area contributed by atoms with E-state index in [1.807, 2.05) is 61.8 Å². The van der Waals surface area contributed by atoms with Crippen molar-refractivity contribution in [3.8, 4) is 11.1 Å². The Morgan fingerprint density at radius 1 is 0.941 bits per heavy atom. The molecule has 2 aromatic heterocycles. The summed E-state index contributed by atoms with van der Waals surface area (Å²) in [5, 5.41) is 6.89. The number of nitrogens with one attached hydrogen (secondary N) is 3. The van der Waals surface area contributed by atoms with Gasteiger partial charge in [-0.05, 0) is 53.1 Å². The minimum atomic E-state index is 0.553. The predicted molar refractivity (Wildman–Crippen MR) is 144 cm³/mol. The highest BCUT2D eigenvalue weighted by atomic mass is 32.1. The van der Waals surface area contributed by atoms with Crippen molar-refractivity contribution >= 4 is 35.6 Å². The van der Waals surface area contributed by atoms with E-state index in [1.54, 1.807) is 12.4 Å². The number of fused-ring (bicyclic) bond motifs is 1. The Balaban J connectivity index is 0.000000144. The van der Waals surface area contributed by atoms with Gasteiger partial charge in [0.15, 0.2) is 0 Å². The quantitative estimate of drug-likeness (QED) is 0.184. The van der Waals surface area contributed by atoms with Gasteiger partial charge in [0.1, 0.15) is 0 Å². The molecule has 0 radical (unpaired) electrons. The van der Waals surface area contributed by atoms with Crippen molar-refractivity contribution in [2.24, 2.45) is 0 Å². The molecule has 0 spiro atoms. The standard InChI is InChI=1S/C12H10S.C9H10N2.C7H8N2O/c13-12-9-5-4-8-11(12)10-6-2-1-3-7-10;1-10-8-2-3-9-7(6-8)4-5-11-9;10-6-9-5-7-2-1-3-8-4-7/h1-9,13H;2-6,10-11H,1H3;1-4,6H,5H2,(H,9,10). The lowest BCUT2D eigenvalue weighted by molar-refractivity contribution is -0.109. The van der Waals surface area contributed by atoms with E-state index in [4.69, 9.17) is 0 Å². The van der Waals surface area contributed by atoms with Gasteiger partial charge in [-0.2, -0.15) is 0 Å². The summed E-state index contributed by atoms with van der Waals surface area (Å²) in [6.07, 6.45) is 6.04. The molecule has 5 nitrogen and oxygen atoms in total. The van der Waals surface area contributed by atoms with Gasteiger partial charge in [0.25, 0.3) is 0 Å². The Morgan fingerprint density at radius 3 is 2.44 bits per heavy atom. The van der Waals surface area contributed by atoms with Gasteiger partial charge in [0.05, 0.1) is 0 Å². The molecule has 0 atom stereocenters. The Morgan fingerprint density at radius 2 is 1.74 bits per heavy atom. The van der Waals surface area contributed by atoms with Gasteiger partial charge in [0, 0.05) is 53.7 Å². The number of hydrogen-bond acceptors (Lipinski definition) is 4. The van der Waals surface area contributed by atoms with Crippen LogP contribution in [0.3, 0.4) is 0 Å². The number of thiol groups is 1. The van der Waals surface area contributed by atoms with Crippen LogP contribution >= 0.6 is 12.6 Å². The van der Waals surface area contributed by atoms with Crippen LogP contribution in [-0.4, -0.2) is 23.4 Å². The summed E-state index contributed by atoms with van der Waals surface area (Å²) >= 11 is 4.41. The minimum Gasteiger partial charge on any atom is -0.388 e. The van der Waals surface area contributed by atoms with Gasteiger partial charge >= 0.3 is 0 Å². The van der Waals surface area contributed by atoms with Gasteiger partial charge in [-0.3, -0.25) is 9.78 Å². The number of anilines is 1. The molecule has 0 bridgehead atoms. The van der Waals surface area contributed by atoms with Gasteiger partial charge in [0.2, 0.25) is 6.41 Å². The van der Waals surface area contributed by atoms with Gasteiger partial charge in [-0.1, -0.05) is 54.6 Å². The van der Waals surface area contributed by atoms with Crippen molar-refractivity contribution in [1.82, 2.24) is 15.3 Å². The third-order valence-corrected chi connectivity index (χ3v) is 5.33. The molecule has 34 heavy (non-hydrogen) atoms. The number of amides is 1. The second-order valence-corrected chi connectivity index (χ2v) is 7.75. The lowest BCUT2D eigenvalue weighted by atomic mass is 10.1. The van der Waals surface area contributed by atoms with Gasteiger partial charge < -0.3 is 15.6 Å². The molecule has 0 aliphatic rings. The summed E-state index contributed by atoms with van der Waals surface area (Å²) in [4.78, 5) is 17.9. The topological polar surface area (TPSA) is 69.8 Å². The molecule has 172 valence electrons. The maximum Gasteiger partial charge on any atom is 0.207 e. The first-order valence-electron chi connectivity index (χ1n) is 10.9. The van der Waals surface area contributed by atoms with Crippen molar-refractivity contribution in [3.63, 3.8) is 0 Å². The second-order valence-electron chi connectivity index (χ2n) is 7.27. The zero-order chi connectivity index (χ0) is 24.0. The predicted octanol–water partition coefficient (Wildman–Crippen LogP) is 6.18. The van der Waals surface area contributed by atoms with E-state index in [9.17, 15) is 4.79 Å². The lowest BCUT2D eigenvalue weighted by Crippen LogP contribution is -2.09. The number of nitrogens with zero attached hydrogens (tertiary/aromatic N) is 1. The molecule has 2 heterocycles. The van der Waals surface area contributed by atoms with Crippen LogP contribution in [0.5, 0.6) is 0 Å². The second kappa shape index (κ2) is 13.5. The van der Waals surface area contributed by atoms with Crippen molar-refractivity contribution in [1.29, 1.82) is 0 Å². The number of pyridine rings is 1. The number of aromatic nitrogens is 2. The molecule has 3 aromatic carbocycles. The molecule has 5 rings (SSSR count). The molecule has 5 aromatic rings. The van der Waals surface area contributed by atoms with Crippen molar-refractivity contribution < 1.29 is 4.79 Å². The molecule has 0 saturated carbocycles. The maximum atomic E-state index is 9.85. The highest BCUT2D eigenvalue weighted by molar-refractivity contribution is 7.80. The van der Waals surface area contributed by atoms with Crippen LogP contribution in [0, 0.1) is 0 Å². The van der Waals surface area contributed by atoms with Crippen LogP contribution < -0.4 is 10.6 Å². The number of hydrogen-bond donors (Lipinski definition) is 4. The highest BCUT2D eigenvalue weighted by Gasteiger charge is 1.98. The molecular weight excluding hydrogens is 440 g/mol. The number of benzene rings is 3. The first-order chi connectivity index (χ1) is 16.7. The number of aromatic amines is 1. The molecule has 0 unspecified atom stereocenters. The van der Waals surface area contributed by atoms with E-state index in [0.717, 1.165) is 16.1 Å². The minimum absolute atomic E-state index is 0.553. The summed E-state index contributed by atoms with van der Waals surface area (Å²) in [5.41, 5.74) is 5.75. The summed E-state index contributed by atoms with van der Waals surface area (Å²) in [6.45, 7) is 0.553. The number of carbonyl (C=O) groups is 1. The largest absolute Gasteiger partial charge is 0.388 e. The molecule has 6 heteroatoms. The van der Waals surface area contributed by atoms with Crippen molar-refractivity contribution in [2.45, 2.75) is 11.4 Å². The molecule has 1 amide bonds. The van der Waals surface area contributed by atoms with Gasteiger partial charge in [-0.25, -0.2) is 0 Å². The Bertz CT molecular complexity index is 1270. The van der Waals surface area contributed by atoms with Gasteiger partial charge in [-0.15, -0.1) is 12.6 Å². The first kappa shape index (κ1) is 24.6. The molecule has 0 aliphatic carbocycles. The normalized spacial score (nSPS) is 9.71. The van der Waals surface area contributed by atoms with E-state index in [-0.39, 0.29) is 0 Å². The SMILES string of the molecule is CNc1ccc2[nH]ccc2c1.O=CNCc1cccnc1.Sc1ccccc1-c1ccccc1. The van der Waals surface area contributed by atoms with E-state index < -0.39 is 0 Å². The lowest BCUT2D eigenvalue weighted by Gasteiger charge is -2.03. The highest BCUT2D eigenvalue weighted by Crippen LogP contribution is 2.25. The summed E-state index contributed by atoms with van der Waals surface area (Å²) < 4.78 is 0. The molecule has 3 N–H and O–H groups in total. The maximum absolute atomic E-state index is 9.85. The molecule has 0 aliphatic heterocycles. The summed E-state index contributed by atoms with van der Waals surface area (Å²) in [5.74, 6) is 0. The summed E-state index contributed by atoms with van der Waals surface area (Å²) in [7, 11) is 1.92. The van der Waals surface area contributed by atoms with E-state index in [0.29, 0.717) is 13.0 Å². The van der Waals surface area contributed by atoms with Crippen LogP contribution in [0.4, 0.5) is 5.69 Å². The third kappa shape index (κ3) is 7.53. The van der Waals surface area contributed by atoms with Crippen LogP contribution in [0.2, 0.25) is 0 Å². The van der Waals surface area contributed by atoms with Crippen LogP contribution in [-0.2, 0) is 11.3 Å². The van der Waals surface area contributed by atoms with Crippen LogP contribution in [0.15, 0.2) is 114 Å². The number of rotatable bonds is 5. The van der Waals surface area contributed by atoms with E-state index >= 15 is 0 Å². The zero-order valence-corrected chi connectivity index (χ0v) is 19.9. The fourth-order valence-electron chi connectivity index (χ4n) is 3.21. The number of H-pyrrole nitrogens is 1. The Labute approximate surface area is 205 Å². The molecule has 0 saturated heterocycles. The fraction of sp³-hybridized carbons (Fsp3) is 0.0714. The average molecular weight is 469 g/mol. The zero-order valence-electron chi connectivity index (χ0n) is 19.0. The molecular formula is C28H28N4OS. The van der Waals surface area contributed by atoms with Crippen molar-refractivity contribution in [3.05, 3.63) is 115 Å². The fourth-order valence-corrected chi connectivity index (χ4v) is 3.50. The van der Waals surface area contributed by atoms with Crippen LogP contribution in [0.1, 0.15) is 5.56 Å². The monoisotopic (exact) mass is 468 g/mol. The van der Waals surface area contributed by atoms with Crippen LogP contribution in [0.25, 0.3) is 22.0 Å². The Hall–Kier alpha value is -4.03. The summed E-state index contributed by atoms with van der Waals surface area (Å²) in [6, 6.07) is 30.4. The van der Waals surface area contributed by atoms with E-state index in [1.165, 1.54) is 22.0 Å².